The van der Waals surface area contributed by atoms with Gasteiger partial charge in [-0.15, -0.1) is 0 Å². The molecule has 1 aromatic carbocycles. The van der Waals surface area contributed by atoms with Crippen LogP contribution in [0.5, 0.6) is 0 Å². The van der Waals surface area contributed by atoms with Crippen LogP contribution in [0.3, 0.4) is 0 Å². The van der Waals surface area contributed by atoms with Crippen molar-refractivity contribution in [3.05, 3.63) is 35.4 Å². The predicted molar refractivity (Wildman–Crippen MR) is 88.6 cm³/mol. The number of benzene rings is 1. The van der Waals surface area contributed by atoms with Crippen molar-refractivity contribution in [2.75, 3.05) is 19.8 Å². The number of hydrogen-bond donors (Lipinski definition) is 1. The van der Waals surface area contributed by atoms with E-state index in [1.807, 2.05) is 13.8 Å². The minimum atomic E-state index is 0.166. The first kappa shape index (κ1) is 18.1. The molecule has 120 valence electrons. The van der Waals surface area contributed by atoms with E-state index in [4.69, 9.17) is 9.47 Å². The normalized spacial score (nSPS) is 12.1. The van der Waals surface area contributed by atoms with Gasteiger partial charge in [0.25, 0.3) is 0 Å². The van der Waals surface area contributed by atoms with Crippen LogP contribution in [0.2, 0.25) is 0 Å². The molecule has 0 spiro atoms. The van der Waals surface area contributed by atoms with Crippen LogP contribution >= 0.6 is 0 Å². The van der Waals surface area contributed by atoms with Crippen LogP contribution < -0.4 is 5.32 Å². The van der Waals surface area contributed by atoms with Crippen LogP contribution in [-0.4, -0.2) is 31.4 Å². The maximum atomic E-state index is 5.71. The maximum absolute atomic E-state index is 5.71. The molecule has 1 aromatic rings. The van der Waals surface area contributed by atoms with Crippen LogP contribution in [0, 0.1) is 0 Å². The summed E-state index contributed by atoms with van der Waals surface area (Å²) in [5.41, 5.74) is 2.80. The summed E-state index contributed by atoms with van der Waals surface area (Å²) in [5.74, 6) is 0. The zero-order chi connectivity index (χ0) is 15.7. The van der Waals surface area contributed by atoms with Crippen molar-refractivity contribution in [2.24, 2.45) is 0 Å². The fourth-order valence-electron chi connectivity index (χ4n) is 2.04. The Labute approximate surface area is 130 Å². The van der Waals surface area contributed by atoms with E-state index < -0.39 is 0 Å². The van der Waals surface area contributed by atoms with E-state index >= 15 is 0 Å². The molecule has 0 aliphatic heterocycles. The van der Waals surface area contributed by atoms with Gasteiger partial charge >= 0.3 is 0 Å². The lowest BCUT2D eigenvalue weighted by Crippen LogP contribution is -2.37. The van der Waals surface area contributed by atoms with Crippen LogP contribution in [0.15, 0.2) is 24.3 Å². The predicted octanol–water partition coefficient (Wildman–Crippen LogP) is 3.56. The van der Waals surface area contributed by atoms with Crippen molar-refractivity contribution in [2.45, 2.75) is 59.3 Å². The third kappa shape index (κ3) is 8.86. The van der Waals surface area contributed by atoms with E-state index in [-0.39, 0.29) is 11.6 Å². The highest BCUT2D eigenvalue weighted by molar-refractivity contribution is 5.26. The average molecular weight is 293 g/mol. The van der Waals surface area contributed by atoms with Gasteiger partial charge in [0.15, 0.2) is 0 Å². The minimum Gasteiger partial charge on any atom is -0.376 e. The molecule has 0 aliphatic rings. The molecule has 0 radical (unpaired) electrons. The summed E-state index contributed by atoms with van der Waals surface area (Å²) in [5, 5.41) is 3.53. The van der Waals surface area contributed by atoms with Crippen LogP contribution in [-0.2, 0) is 22.5 Å². The first-order valence-electron chi connectivity index (χ1n) is 7.89. The zero-order valence-corrected chi connectivity index (χ0v) is 14.2. The van der Waals surface area contributed by atoms with Crippen LogP contribution in [0.25, 0.3) is 0 Å². The Bertz CT molecular complexity index is 396. The van der Waals surface area contributed by atoms with Crippen molar-refractivity contribution in [3.63, 3.8) is 0 Å². The van der Waals surface area contributed by atoms with Gasteiger partial charge < -0.3 is 14.8 Å². The van der Waals surface area contributed by atoms with Crippen molar-refractivity contribution >= 4 is 0 Å². The molecule has 0 saturated carbocycles. The van der Waals surface area contributed by atoms with E-state index in [0.717, 1.165) is 13.0 Å². The Morgan fingerprint density at radius 3 is 2.33 bits per heavy atom. The van der Waals surface area contributed by atoms with Gasteiger partial charge in [0.2, 0.25) is 0 Å². The van der Waals surface area contributed by atoms with E-state index in [1.54, 1.807) is 0 Å². The molecule has 1 N–H and O–H groups in total. The number of ether oxygens (including phenoxy) is 2. The Morgan fingerprint density at radius 2 is 1.71 bits per heavy atom. The highest BCUT2D eigenvalue weighted by Crippen LogP contribution is 2.11. The lowest BCUT2D eigenvalue weighted by molar-refractivity contribution is 0.0141. The molecule has 3 nitrogen and oxygen atoms in total. The summed E-state index contributed by atoms with van der Waals surface area (Å²) in [6, 6.07) is 8.51. The molecular formula is C18H31NO2. The third-order valence-electron chi connectivity index (χ3n) is 3.10. The molecule has 0 unspecified atom stereocenters. The van der Waals surface area contributed by atoms with Crippen molar-refractivity contribution in [1.29, 1.82) is 0 Å². The molecule has 0 aliphatic carbocycles. The third-order valence-corrected chi connectivity index (χ3v) is 3.10. The molecule has 0 aromatic heterocycles. The molecule has 1 rings (SSSR count). The average Bonchev–Trinajstić information content (AvgIpc) is 2.38. The van der Waals surface area contributed by atoms with Gasteiger partial charge in [-0.1, -0.05) is 24.3 Å². The van der Waals surface area contributed by atoms with Gasteiger partial charge in [-0.2, -0.15) is 0 Å². The zero-order valence-electron chi connectivity index (χ0n) is 14.2. The van der Waals surface area contributed by atoms with Gasteiger partial charge in [-0.3, -0.25) is 0 Å². The number of rotatable bonds is 9. The molecule has 3 heteroatoms. The highest BCUT2D eigenvalue weighted by atomic mass is 16.5. The highest BCUT2D eigenvalue weighted by Gasteiger charge is 2.09. The smallest absolute Gasteiger partial charge is 0.0720 e. The summed E-state index contributed by atoms with van der Waals surface area (Å²) in [4.78, 5) is 0. The van der Waals surface area contributed by atoms with Crippen molar-refractivity contribution < 1.29 is 9.47 Å². The Kier molecular flexibility index (Phi) is 7.94. The van der Waals surface area contributed by atoms with E-state index in [0.29, 0.717) is 19.8 Å². The topological polar surface area (TPSA) is 30.5 Å². The summed E-state index contributed by atoms with van der Waals surface area (Å²) >= 11 is 0. The number of nitrogens with one attached hydrogen (secondary N) is 1. The monoisotopic (exact) mass is 293 g/mol. The molecule has 21 heavy (non-hydrogen) atoms. The van der Waals surface area contributed by atoms with Gasteiger partial charge in [-0.05, 0) is 58.7 Å². The van der Waals surface area contributed by atoms with Gasteiger partial charge in [-0.25, -0.2) is 0 Å². The Balaban J connectivity index is 2.36. The maximum Gasteiger partial charge on any atom is 0.0720 e. The summed E-state index contributed by atoms with van der Waals surface area (Å²) in [7, 11) is 0. The summed E-state index contributed by atoms with van der Waals surface area (Å²) in [6.07, 6.45) is 1.30. The van der Waals surface area contributed by atoms with E-state index in [2.05, 4.69) is 50.4 Å². The molecule has 0 atom stereocenters. The minimum absolute atomic E-state index is 0.166. The van der Waals surface area contributed by atoms with E-state index in [1.165, 1.54) is 11.1 Å². The van der Waals surface area contributed by atoms with Crippen molar-refractivity contribution in [3.8, 4) is 0 Å². The summed E-state index contributed by atoms with van der Waals surface area (Å²) < 4.78 is 11.2. The first-order valence-corrected chi connectivity index (χ1v) is 7.89. The second kappa shape index (κ2) is 9.19. The summed E-state index contributed by atoms with van der Waals surface area (Å²) in [6.45, 7) is 13.6. The van der Waals surface area contributed by atoms with Gasteiger partial charge in [0, 0.05) is 5.54 Å². The molecule has 0 amide bonds. The lowest BCUT2D eigenvalue weighted by atomic mass is 10.0. The van der Waals surface area contributed by atoms with E-state index in [9.17, 15) is 0 Å². The van der Waals surface area contributed by atoms with Crippen LogP contribution in [0.4, 0.5) is 0 Å². The second-order valence-electron chi connectivity index (χ2n) is 6.67. The lowest BCUT2D eigenvalue weighted by Gasteiger charge is -2.21. The molecule has 0 bridgehead atoms. The quantitative estimate of drug-likeness (QED) is 0.706. The number of hydrogen-bond acceptors (Lipinski definition) is 3. The molecular weight excluding hydrogens is 262 g/mol. The molecule has 0 saturated heterocycles. The largest absolute Gasteiger partial charge is 0.376 e. The van der Waals surface area contributed by atoms with Gasteiger partial charge in [0.1, 0.15) is 0 Å². The second-order valence-corrected chi connectivity index (χ2v) is 6.67. The van der Waals surface area contributed by atoms with Gasteiger partial charge in [0.05, 0.1) is 25.9 Å². The van der Waals surface area contributed by atoms with Crippen LogP contribution in [0.1, 0.15) is 45.7 Å². The fraction of sp³-hybridized carbons (Fsp3) is 0.667. The molecule has 0 fully saturated rings. The SMILES string of the molecule is CC(C)OCCOCc1ccccc1CCNC(C)(C)C. The first-order chi connectivity index (χ1) is 9.88. The van der Waals surface area contributed by atoms with Crippen molar-refractivity contribution in [1.82, 2.24) is 5.32 Å². The Hall–Kier alpha value is -0.900. The standard InChI is InChI=1S/C18H31NO2/c1-15(2)21-13-12-20-14-17-9-7-6-8-16(17)10-11-19-18(3,4)5/h6-9,15,19H,10-14H2,1-5H3. The fourth-order valence-corrected chi connectivity index (χ4v) is 2.04. The Morgan fingerprint density at radius 1 is 1.05 bits per heavy atom. The molecule has 0 heterocycles.